The zero-order valence-corrected chi connectivity index (χ0v) is 16.3. The highest BCUT2D eigenvalue weighted by Gasteiger charge is 2.25. The Hall–Kier alpha value is -2.67. The molecule has 3 aromatic heterocycles. The van der Waals surface area contributed by atoms with Gasteiger partial charge >= 0.3 is 0 Å². The van der Waals surface area contributed by atoms with E-state index in [2.05, 4.69) is 17.0 Å². The molecule has 0 unspecified atom stereocenters. The van der Waals surface area contributed by atoms with E-state index in [4.69, 9.17) is 14.5 Å². The lowest BCUT2D eigenvalue weighted by molar-refractivity contribution is 0.355. The number of aryl methyl sites for hydroxylation is 1. The average Bonchev–Trinajstić information content (AvgIpc) is 3.28. The second-order valence-corrected chi connectivity index (χ2v) is 8.01. The molecule has 0 amide bonds. The highest BCUT2D eigenvalue weighted by molar-refractivity contribution is 7.19. The summed E-state index contributed by atoms with van der Waals surface area (Å²) in [6.45, 7) is 2.30. The highest BCUT2D eigenvalue weighted by Crippen LogP contribution is 2.43. The monoisotopic (exact) mass is 380 g/mol. The molecule has 0 fully saturated rings. The summed E-state index contributed by atoms with van der Waals surface area (Å²) < 4.78 is 12.5. The van der Waals surface area contributed by atoms with E-state index in [0.717, 1.165) is 22.5 Å². The number of benzene rings is 1. The summed E-state index contributed by atoms with van der Waals surface area (Å²) in [6.07, 6.45) is 5.38. The van der Waals surface area contributed by atoms with Gasteiger partial charge in [-0.25, -0.2) is 14.5 Å². The molecule has 0 radical (unpaired) electrons. The Kier molecular flexibility index (Phi) is 3.79. The quantitative estimate of drug-likeness (QED) is 0.525. The molecule has 6 nitrogen and oxygen atoms in total. The molecule has 0 saturated heterocycles. The van der Waals surface area contributed by atoms with Crippen LogP contribution in [0.3, 0.4) is 0 Å². The first-order valence-corrected chi connectivity index (χ1v) is 9.90. The van der Waals surface area contributed by atoms with Gasteiger partial charge in [0.25, 0.3) is 0 Å². The van der Waals surface area contributed by atoms with Crippen LogP contribution in [0.25, 0.3) is 27.3 Å². The van der Waals surface area contributed by atoms with E-state index in [-0.39, 0.29) is 0 Å². The van der Waals surface area contributed by atoms with Crippen molar-refractivity contribution in [2.24, 2.45) is 0 Å². The fourth-order valence-corrected chi connectivity index (χ4v) is 5.28. The number of aromatic nitrogens is 4. The van der Waals surface area contributed by atoms with Gasteiger partial charge in [-0.1, -0.05) is 6.92 Å². The number of hydrogen-bond acceptors (Lipinski definition) is 6. The van der Waals surface area contributed by atoms with Crippen molar-refractivity contribution in [3.05, 3.63) is 35.0 Å². The van der Waals surface area contributed by atoms with Gasteiger partial charge in [-0.15, -0.1) is 16.4 Å². The van der Waals surface area contributed by atoms with Gasteiger partial charge in [-0.3, -0.25) is 0 Å². The normalized spacial score (nSPS) is 16.6. The molecule has 0 saturated carbocycles. The predicted molar refractivity (Wildman–Crippen MR) is 106 cm³/mol. The van der Waals surface area contributed by atoms with Gasteiger partial charge in [0.1, 0.15) is 11.2 Å². The molecule has 1 aliphatic rings. The third kappa shape index (κ3) is 2.49. The first-order valence-electron chi connectivity index (χ1n) is 9.08. The molecule has 0 bridgehead atoms. The highest BCUT2D eigenvalue weighted by atomic mass is 32.1. The fraction of sp³-hybridized carbons (Fsp3) is 0.350. The molecule has 7 heteroatoms. The Labute approximate surface area is 160 Å². The lowest BCUT2D eigenvalue weighted by Crippen LogP contribution is -2.04. The standard InChI is InChI=1S/C20H20N4O2S/c1-11-5-4-6-15-16(11)17-19-22-18(23-24(19)10-21-20(17)27-15)12-7-8-13(25-2)14(9-12)26-3/h7-11H,4-6H2,1-3H3/t11-/m1/s1. The van der Waals surface area contributed by atoms with Gasteiger partial charge in [0.05, 0.1) is 19.6 Å². The minimum atomic E-state index is 0.539. The summed E-state index contributed by atoms with van der Waals surface area (Å²) in [5.41, 5.74) is 3.20. The molecule has 138 valence electrons. The maximum absolute atomic E-state index is 5.42. The second-order valence-electron chi connectivity index (χ2n) is 6.93. The Bertz CT molecular complexity index is 1160. The lowest BCUT2D eigenvalue weighted by Gasteiger charge is -2.18. The molecule has 27 heavy (non-hydrogen) atoms. The summed E-state index contributed by atoms with van der Waals surface area (Å²) in [5, 5.41) is 5.84. The van der Waals surface area contributed by atoms with Crippen LogP contribution in [0, 0.1) is 0 Å². The van der Waals surface area contributed by atoms with Crippen LogP contribution >= 0.6 is 11.3 Å². The molecule has 1 aliphatic carbocycles. The minimum Gasteiger partial charge on any atom is -0.493 e. The van der Waals surface area contributed by atoms with Crippen molar-refractivity contribution in [3.63, 3.8) is 0 Å². The van der Waals surface area contributed by atoms with Crippen LogP contribution in [0.2, 0.25) is 0 Å². The van der Waals surface area contributed by atoms with E-state index < -0.39 is 0 Å². The van der Waals surface area contributed by atoms with Crippen molar-refractivity contribution in [2.45, 2.75) is 32.1 Å². The third-order valence-corrected chi connectivity index (χ3v) is 6.49. The molecule has 1 aromatic carbocycles. The number of hydrogen-bond donors (Lipinski definition) is 0. The van der Waals surface area contributed by atoms with Crippen LogP contribution < -0.4 is 9.47 Å². The van der Waals surface area contributed by atoms with E-state index >= 15 is 0 Å². The largest absolute Gasteiger partial charge is 0.493 e. The van der Waals surface area contributed by atoms with Crippen LogP contribution in [0.15, 0.2) is 24.5 Å². The number of thiophene rings is 1. The minimum absolute atomic E-state index is 0.539. The van der Waals surface area contributed by atoms with E-state index in [1.807, 2.05) is 18.2 Å². The summed E-state index contributed by atoms with van der Waals surface area (Å²) in [7, 11) is 3.26. The SMILES string of the molecule is COc1ccc(-c2nc3c4c5c(sc4ncn3n2)CCC[C@H]5C)cc1OC. The second kappa shape index (κ2) is 6.20. The average molecular weight is 380 g/mol. The predicted octanol–water partition coefficient (Wildman–Crippen LogP) is 4.46. The summed E-state index contributed by atoms with van der Waals surface area (Å²) in [4.78, 5) is 12.1. The first kappa shape index (κ1) is 16.5. The number of fused-ring (bicyclic) bond motifs is 5. The van der Waals surface area contributed by atoms with E-state index in [9.17, 15) is 0 Å². The van der Waals surface area contributed by atoms with Crippen molar-refractivity contribution in [1.82, 2.24) is 19.6 Å². The smallest absolute Gasteiger partial charge is 0.182 e. The molecular formula is C20H20N4O2S. The van der Waals surface area contributed by atoms with Crippen molar-refractivity contribution < 1.29 is 9.47 Å². The van der Waals surface area contributed by atoms with Crippen LogP contribution in [-0.4, -0.2) is 33.8 Å². The maximum Gasteiger partial charge on any atom is 0.182 e. The van der Waals surface area contributed by atoms with Gasteiger partial charge in [0.15, 0.2) is 23.0 Å². The van der Waals surface area contributed by atoms with Crippen LogP contribution in [0.4, 0.5) is 0 Å². The van der Waals surface area contributed by atoms with Crippen molar-refractivity contribution >= 4 is 27.2 Å². The maximum atomic E-state index is 5.42. The zero-order valence-electron chi connectivity index (χ0n) is 15.5. The van der Waals surface area contributed by atoms with E-state index in [1.165, 1.54) is 28.7 Å². The first-order chi connectivity index (χ1) is 13.2. The topological polar surface area (TPSA) is 61.5 Å². The molecule has 0 N–H and O–H groups in total. The number of methoxy groups -OCH3 is 2. The third-order valence-electron chi connectivity index (χ3n) is 5.32. The van der Waals surface area contributed by atoms with Gasteiger partial charge in [0.2, 0.25) is 0 Å². The lowest BCUT2D eigenvalue weighted by atomic mass is 9.87. The molecule has 5 rings (SSSR count). The summed E-state index contributed by atoms with van der Waals surface area (Å²) in [6, 6.07) is 5.73. The van der Waals surface area contributed by atoms with Gasteiger partial charge in [-0.05, 0) is 48.9 Å². The van der Waals surface area contributed by atoms with Gasteiger partial charge in [0, 0.05) is 10.4 Å². The Morgan fingerprint density at radius 2 is 2.04 bits per heavy atom. The Morgan fingerprint density at radius 3 is 2.85 bits per heavy atom. The molecule has 1 atom stereocenters. The number of rotatable bonds is 3. The number of ether oxygens (including phenoxy) is 2. The van der Waals surface area contributed by atoms with Crippen molar-refractivity contribution in [1.29, 1.82) is 0 Å². The van der Waals surface area contributed by atoms with Gasteiger partial charge in [-0.2, -0.15) is 0 Å². The molecular weight excluding hydrogens is 360 g/mol. The number of nitrogens with zero attached hydrogens (tertiary/aromatic N) is 4. The van der Waals surface area contributed by atoms with E-state index in [0.29, 0.717) is 23.2 Å². The molecule has 0 spiro atoms. The summed E-state index contributed by atoms with van der Waals surface area (Å²) >= 11 is 1.81. The van der Waals surface area contributed by atoms with Crippen molar-refractivity contribution in [3.8, 4) is 22.9 Å². The van der Waals surface area contributed by atoms with Crippen LogP contribution in [0.1, 0.15) is 36.1 Å². The van der Waals surface area contributed by atoms with Crippen LogP contribution in [0.5, 0.6) is 11.5 Å². The van der Waals surface area contributed by atoms with E-state index in [1.54, 1.807) is 36.4 Å². The fourth-order valence-electron chi connectivity index (χ4n) is 3.98. The zero-order chi connectivity index (χ0) is 18.5. The van der Waals surface area contributed by atoms with Crippen LogP contribution in [-0.2, 0) is 6.42 Å². The van der Waals surface area contributed by atoms with Crippen molar-refractivity contribution in [2.75, 3.05) is 14.2 Å². The Balaban J connectivity index is 1.72. The van der Waals surface area contributed by atoms with Gasteiger partial charge < -0.3 is 9.47 Å². The molecule has 4 aromatic rings. The molecule has 0 aliphatic heterocycles. The summed E-state index contributed by atoms with van der Waals surface area (Å²) in [5.74, 6) is 2.55. The molecule has 3 heterocycles. The Morgan fingerprint density at radius 1 is 1.19 bits per heavy atom.